The third-order valence-electron chi connectivity index (χ3n) is 2.23. The predicted octanol–water partition coefficient (Wildman–Crippen LogP) is 0.624. The summed E-state index contributed by atoms with van der Waals surface area (Å²) in [6.07, 6.45) is 2.65. The Morgan fingerprint density at radius 3 is 3.12 bits per heavy atom. The highest BCUT2D eigenvalue weighted by atomic mass is 16.1. The van der Waals surface area contributed by atoms with Crippen LogP contribution in [-0.2, 0) is 6.42 Å². The molecule has 3 N–H and O–H groups in total. The van der Waals surface area contributed by atoms with Gasteiger partial charge in [-0.25, -0.2) is 4.79 Å². The molecule has 0 unspecified atom stereocenters. The van der Waals surface area contributed by atoms with Gasteiger partial charge in [-0.2, -0.15) is 10.2 Å². The van der Waals surface area contributed by atoms with Gasteiger partial charge in [-0.15, -0.1) is 0 Å². The molecule has 0 aliphatic carbocycles. The van der Waals surface area contributed by atoms with Crippen molar-refractivity contribution in [1.82, 2.24) is 15.0 Å². The third-order valence-corrected chi connectivity index (χ3v) is 2.23. The zero-order valence-corrected chi connectivity index (χ0v) is 9.03. The highest BCUT2D eigenvalue weighted by Gasteiger charge is 1.99. The van der Waals surface area contributed by atoms with Crippen LogP contribution in [0.2, 0.25) is 0 Å². The molecule has 0 bridgehead atoms. The summed E-state index contributed by atoms with van der Waals surface area (Å²) < 4.78 is 0. The van der Waals surface area contributed by atoms with Crippen LogP contribution in [0.5, 0.6) is 0 Å². The molecule has 2 aromatic heterocycles. The van der Waals surface area contributed by atoms with Crippen LogP contribution in [-0.4, -0.2) is 21.5 Å². The fourth-order valence-corrected chi connectivity index (χ4v) is 1.46. The minimum absolute atomic E-state index is 0.201. The molecule has 0 aliphatic heterocycles. The molecule has 0 aliphatic rings. The Hall–Kier alpha value is -2.55. The number of hydrogen-bond donors (Lipinski definition) is 3. The number of hydrogen-bond acceptors (Lipinski definition) is 4. The number of H-pyrrole nitrogens is 2. The smallest absolute Gasteiger partial charge is 0.347 e. The van der Waals surface area contributed by atoms with Crippen LogP contribution in [0.4, 0.5) is 5.82 Å². The Bertz CT molecular complexity index is 579. The fraction of sp³-hybridized carbons (Fsp3) is 0.182. The van der Waals surface area contributed by atoms with Crippen LogP contribution in [0.3, 0.4) is 0 Å². The SMILES string of the molecule is N#Cc1cc(NCCc2ccc[nH]2)nc(=O)[nH]1. The number of anilines is 1. The van der Waals surface area contributed by atoms with E-state index in [1.807, 2.05) is 24.4 Å². The molecule has 0 saturated carbocycles. The van der Waals surface area contributed by atoms with Gasteiger partial charge in [0.1, 0.15) is 17.6 Å². The quantitative estimate of drug-likeness (QED) is 0.716. The van der Waals surface area contributed by atoms with Crippen LogP contribution in [0, 0.1) is 11.3 Å². The van der Waals surface area contributed by atoms with Crippen LogP contribution in [0.15, 0.2) is 29.2 Å². The molecule has 0 fully saturated rings. The first-order valence-corrected chi connectivity index (χ1v) is 5.15. The lowest BCUT2D eigenvalue weighted by molar-refractivity contribution is 0.954. The molecule has 2 aromatic rings. The van der Waals surface area contributed by atoms with Gasteiger partial charge in [-0.1, -0.05) is 0 Å². The van der Waals surface area contributed by atoms with Crippen molar-refractivity contribution in [2.24, 2.45) is 0 Å². The van der Waals surface area contributed by atoms with Crippen molar-refractivity contribution in [3.8, 4) is 6.07 Å². The van der Waals surface area contributed by atoms with Crippen molar-refractivity contribution in [1.29, 1.82) is 5.26 Å². The molecule has 0 atom stereocenters. The van der Waals surface area contributed by atoms with Crippen LogP contribution < -0.4 is 11.0 Å². The van der Waals surface area contributed by atoms with Crippen molar-refractivity contribution in [2.75, 3.05) is 11.9 Å². The Balaban J connectivity index is 1.97. The molecule has 17 heavy (non-hydrogen) atoms. The summed E-state index contributed by atoms with van der Waals surface area (Å²) in [5.74, 6) is 0.414. The first-order chi connectivity index (χ1) is 8.28. The number of nitriles is 1. The summed E-state index contributed by atoms with van der Waals surface area (Å²) >= 11 is 0. The largest absolute Gasteiger partial charge is 0.369 e. The number of aromatic nitrogens is 3. The minimum atomic E-state index is -0.522. The molecule has 0 radical (unpaired) electrons. The van der Waals surface area contributed by atoms with Crippen molar-refractivity contribution in [3.05, 3.63) is 46.3 Å². The van der Waals surface area contributed by atoms with Crippen molar-refractivity contribution < 1.29 is 0 Å². The summed E-state index contributed by atoms with van der Waals surface area (Å²) in [6, 6.07) is 7.29. The van der Waals surface area contributed by atoms with Gasteiger partial charge in [0, 0.05) is 30.9 Å². The standard InChI is InChI=1S/C11H11N5O/c12-7-9-6-10(16-11(17)15-9)14-5-3-8-2-1-4-13-8/h1-2,4,6,13H,3,5H2,(H2,14,15,16,17). The molecular formula is C11H11N5O. The molecular weight excluding hydrogens is 218 g/mol. The number of nitrogens with zero attached hydrogens (tertiary/aromatic N) is 2. The third kappa shape index (κ3) is 2.95. The monoisotopic (exact) mass is 229 g/mol. The van der Waals surface area contributed by atoms with Crippen molar-refractivity contribution >= 4 is 5.82 Å². The summed E-state index contributed by atoms with van der Waals surface area (Å²) in [4.78, 5) is 20.2. The van der Waals surface area contributed by atoms with E-state index in [2.05, 4.69) is 20.3 Å². The number of nitrogens with one attached hydrogen (secondary N) is 3. The first-order valence-electron chi connectivity index (χ1n) is 5.15. The van der Waals surface area contributed by atoms with Crippen molar-refractivity contribution in [3.63, 3.8) is 0 Å². The molecule has 86 valence electrons. The van der Waals surface area contributed by atoms with Crippen LogP contribution >= 0.6 is 0 Å². The zero-order chi connectivity index (χ0) is 12.1. The average Bonchev–Trinajstić information content (AvgIpc) is 2.81. The lowest BCUT2D eigenvalue weighted by Gasteiger charge is -2.03. The van der Waals surface area contributed by atoms with Gasteiger partial charge in [0.15, 0.2) is 0 Å². The van der Waals surface area contributed by atoms with Crippen LogP contribution in [0.25, 0.3) is 0 Å². The van der Waals surface area contributed by atoms with E-state index in [0.717, 1.165) is 12.1 Å². The van der Waals surface area contributed by atoms with Gasteiger partial charge in [-0.3, -0.25) is 4.98 Å². The summed E-state index contributed by atoms with van der Waals surface area (Å²) in [7, 11) is 0. The maximum Gasteiger partial charge on any atom is 0.347 e. The highest BCUT2D eigenvalue weighted by molar-refractivity contribution is 5.38. The molecule has 2 heterocycles. The first kappa shape index (κ1) is 11.0. The Labute approximate surface area is 97.3 Å². The topological polar surface area (TPSA) is 97.4 Å². The predicted molar refractivity (Wildman–Crippen MR) is 62.6 cm³/mol. The van der Waals surface area contributed by atoms with E-state index in [4.69, 9.17) is 5.26 Å². The van der Waals surface area contributed by atoms with E-state index in [1.165, 1.54) is 6.07 Å². The highest BCUT2D eigenvalue weighted by Crippen LogP contribution is 2.01. The summed E-state index contributed by atoms with van der Waals surface area (Å²) in [5.41, 5.74) is 0.779. The van der Waals surface area contributed by atoms with Gasteiger partial charge in [0.2, 0.25) is 0 Å². The second-order valence-electron chi connectivity index (χ2n) is 3.47. The van der Waals surface area contributed by atoms with Gasteiger partial charge < -0.3 is 10.3 Å². The van der Waals surface area contributed by atoms with Gasteiger partial charge in [-0.05, 0) is 12.1 Å². The second kappa shape index (κ2) is 4.99. The molecule has 0 spiro atoms. The molecule has 6 heteroatoms. The summed E-state index contributed by atoms with van der Waals surface area (Å²) in [5, 5.41) is 11.7. The maximum absolute atomic E-state index is 11.1. The van der Waals surface area contributed by atoms with E-state index >= 15 is 0 Å². The molecule has 0 aromatic carbocycles. The lowest BCUT2D eigenvalue weighted by atomic mass is 10.3. The second-order valence-corrected chi connectivity index (χ2v) is 3.47. The van der Waals surface area contributed by atoms with Gasteiger partial charge in [0.05, 0.1) is 0 Å². The summed E-state index contributed by atoms with van der Waals surface area (Å²) in [6.45, 7) is 0.641. The lowest BCUT2D eigenvalue weighted by Crippen LogP contribution is -2.16. The molecule has 0 amide bonds. The minimum Gasteiger partial charge on any atom is -0.369 e. The van der Waals surface area contributed by atoms with E-state index < -0.39 is 5.69 Å². The van der Waals surface area contributed by atoms with E-state index in [0.29, 0.717) is 12.4 Å². The van der Waals surface area contributed by atoms with E-state index in [-0.39, 0.29) is 5.69 Å². The Morgan fingerprint density at radius 1 is 1.53 bits per heavy atom. The van der Waals surface area contributed by atoms with Crippen LogP contribution in [0.1, 0.15) is 11.4 Å². The van der Waals surface area contributed by atoms with E-state index in [9.17, 15) is 4.79 Å². The normalized spacial score (nSPS) is 9.82. The molecule has 0 saturated heterocycles. The Morgan fingerprint density at radius 2 is 2.41 bits per heavy atom. The number of rotatable bonds is 4. The van der Waals surface area contributed by atoms with Gasteiger partial charge >= 0.3 is 5.69 Å². The molecule has 2 rings (SSSR count). The van der Waals surface area contributed by atoms with Gasteiger partial charge in [0.25, 0.3) is 0 Å². The number of aromatic amines is 2. The van der Waals surface area contributed by atoms with E-state index in [1.54, 1.807) is 0 Å². The fourth-order valence-electron chi connectivity index (χ4n) is 1.46. The zero-order valence-electron chi connectivity index (χ0n) is 9.03. The maximum atomic E-state index is 11.1. The molecule has 6 nitrogen and oxygen atoms in total. The average molecular weight is 229 g/mol. The Kier molecular flexibility index (Phi) is 3.21. The van der Waals surface area contributed by atoms with Crippen molar-refractivity contribution in [2.45, 2.75) is 6.42 Å².